The third kappa shape index (κ3) is 3.32. The summed E-state index contributed by atoms with van der Waals surface area (Å²) in [7, 11) is 1.52. The maximum Gasteiger partial charge on any atom is 0.282 e. The van der Waals surface area contributed by atoms with Crippen molar-refractivity contribution in [3.8, 4) is 5.75 Å². The van der Waals surface area contributed by atoms with Crippen LogP contribution in [0.25, 0.3) is 5.57 Å². The molecule has 1 aliphatic rings. The predicted molar refractivity (Wildman–Crippen MR) is 116 cm³/mol. The number of ether oxygens (including phenoxy) is 1. The van der Waals surface area contributed by atoms with Gasteiger partial charge in [-0.15, -0.1) is 11.3 Å². The number of carbonyl (C=O) groups excluding carboxylic acids is 2. The summed E-state index contributed by atoms with van der Waals surface area (Å²) >= 11 is 1.43. The number of anilines is 2. The van der Waals surface area contributed by atoms with Crippen LogP contribution >= 0.6 is 11.3 Å². The van der Waals surface area contributed by atoms with Crippen molar-refractivity contribution >= 4 is 40.1 Å². The molecule has 29 heavy (non-hydrogen) atoms. The fourth-order valence-corrected chi connectivity index (χ4v) is 4.18. The summed E-state index contributed by atoms with van der Waals surface area (Å²) in [6.45, 7) is 3.99. The first-order chi connectivity index (χ1) is 14.0. The van der Waals surface area contributed by atoms with E-state index in [1.807, 2.05) is 49.6 Å². The molecule has 5 nitrogen and oxygen atoms in total. The minimum absolute atomic E-state index is 0.273. The molecular weight excluding hydrogens is 384 g/mol. The number of amides is 2. The highest BCUT2D eigenvalue weighted by Crippen LogP contribution is 2.39. The third-order valence-electron chi connectivity index (χ3n) is 4.82. The molecule has 0 saturated heterocycles. The number of carbonyl (C=O) groups is 2. The van der Waals surface area contributed by atoms with Crippen molar-refractivity contribution in [1.82, 2.24) is 0 Å². The van der Waals surface area contributed by atoms with Gasteiger partial charge in [0.05, 0.1) is 18.4 Å². The van der Waals surface area contributed by atoms with E-state index in [1.54, 1.807) is 24.3 Å². The maximum absolute atomic E-state index is 13.4. The zero-order valence-electron chi connectivity index (χ0n) is 16.4. The summed E-state index contributed by atoms with van der Waals surface area (Å²) in [6, 6.07) is 16.7. The van der Waals surface area contributed by atoms with E-state index in [1.165, 1.54) is 23.3 Å². The van der Waals surface area contributed by atoms with Crippen molar-refractivity contribution in [2.24, 2.45) is 0 Å². The second-order valence-electron chi connectivity index (χ2n) is 6.79. The number of rotatable bonds is 5. The zero-order valence-corrected chi connectivity index (χ0v) is 17.2. The maximum atomic E-state index is 13.4. The quantitative estimate of drug-likeness (QED) is 0.623. The van der Waals surface area contributed by atoms with Gasteiger partial charge in [0, 0.05) is 10.6 Å². The van der Waals surface area contributed by atoms with Gasteiger partial charge in [-0.2, -0.15) is 0 Å². The van der Waals surface area contributed by atoms with Crippen LogP contribution < -0.4 is 15.0 Å². The fraction of sp³-hybridized carbons (Fsp3) is 0.130. The van der Waals surface area contributed by atoms with Gasteiger partial charge < -0.3 is 10.1 Å². The number of imide groups is 1. The molecule has 0 radical (unpaired) electrons. The number of methoxy groups -OCH3 is 1. The minimum Gasteiger partial charge on any atom is -0.495 e. The van der Waals surface area contributed by atoms with Crippen molar-refractivity contribution in [2.45, 2.75) is 13.8 Å². The molecule has 0 saturated carbocycles. The molecule has 1 aromatic heterocycles. The second kappa shape index (κ2) is 7.56. The molecule has 0 spiro atoms. The molecule has 0 fully saturated rings. The first-order valence-corrected chi connectivity index (χ1v) is 10.0. The average molecular weight is 404 g/mol. The van der Waals surface area contributed by atoms with E-state index in [0.29, 0.717) is 17.0 Å². The van der Waals surface area contributed by atoms with Gasteiger partial charge in [0.15, 0.2) is 0 Å². The average Bonchev–Trinajstić information content (AvgIpc) is 3.31. The zero-order chi connectivity index (χ0) is 20.5. The number of para-hydroxylation sites is 2. The Morgan fingerprint density at radius 3 is 2.45 bits per heavy atom. The standard InChI is InChI=1S/C23H20N2O3S/c1-14-10-11-16(15(2)13-14)24-21-20(19-9-6-12-29-19)22(26)25(23(21)27)17-7-4-5-8-18(17)28-3/h4-13,24H,1-3H3. The third-order valence-corrected chi connectivity index (χ3v) is 5.71. The largest absolute Gasteiger partial charge is 0.495 e. The Labute approximate surface area is 173 Å². The van der Waals surface area contributed by atoms with E-state index in [9.17, 15) is 9.59 Å². The van der Waals surface area contributed by atoms with Gasteiger partial charge in [0.25, 0.3) is 11.8 Å². The van der Waals surface area contributed by atoms with Crippen molar-refractivity contribution < 1.29 is 14.3 Å². The van der Waals surface area contributed by atoms with Gasteiger partial charge in [0.2, 0.25) is 0 Å². The van der Waals surface area contributed by atoms with Crippen molar-refractivity contribution in [2.75, 3.05) is 17.3 Å². The Hall–Kier alpha value is -3.38. The molecule has 2 aromatic carbocycles. The van der Waals surface area contributed by atoms with Gasteiger partial charge in [-0.3, -0.25) is 9.59 Å². The Morgan fingerprint density at radius 2 is 1.76 bits per heavy atom. The van der Waals surface area contributed by atoms with Crippen LogP contribution in [0.1, 0.15) is 16.0 Å². The highest BCUT2D eigenvalue weighted by molar-refractivity contribution is 7.11. The molecule has 6 heteroatoms. The summed E-state index contributed by atoms with van der Waals surface area (Å²) in [4.78, 5) is 28.7. The van der Waals surface area contributed by atoms with E-state index in [0.717, 1.165) is 21.7 Å². The van der Waals surface area contributed by atoms with Crippen LogP contribution in [-0.4, -0.2) is 18.9 Å². The van der Waals surface area contributed by atoms with Gasteiger partial charge in [0.1, 0.15) is 11.4 Å². The normalized spacial score (nSPS) is 14.0. The number of nitrogens with one attached hydrogen (secondary N) is 1. The van der Waals surface area contributed by atoms with Crippen LogP contribution in [0.5, 0.6) is 5.75 Å². The van der Waals surface area contributed by atoms with E-state index < -0.39 is 5.91 Å². The van der Waals surface area contributed by atoms with Crippen molar-refractivity contribution in [3.05, 3.63) is 81.7 Å². The van der Waals surface area contributed by atoms with Crippen LogP contribution in [0.15, 0.2) is 65.7 Å². The lowest BCUT2D eigenvalue weighted by Gasteiger charge is -2.18. The first-order valence-electron chi connectivity index (χ1n) is 9.15. The number of nitrogens with zero attached hydrogens (tertiary/aromatic N) is 1. The number of benzene rings is 2. The topological polar surface area (TPSA) is 58.6 Å². The van der Waals surface area contributed by atoms with Crippen LogP contribution in [0, 0.1) is 13.8 Å². The SMILES string of the molecule is COc1ccccc1N1C(=O)C(Nc2ccc(C)cc2C)=C(c2cccs2)C1=O. The summed E-state index contributed by atoms with van der Waals surface area (Å²) in [5.41, 5.74) is 3.99. The molecule has 146 valence electrons. The summed E-state index contributed by atoms with van der Waals surface area (Å²) in [5, 5.41) is 5.12. The van der Waals surface area contributed by atoms with E-state index in [-0.39, 0.29) is 11.6 Å². The molecule has 3 aromatic rings. The lowest BCUT2D eigenvalue weighted by molar-refractivity contribution is -0.120. The van der Waals surface area contributed by atoms with E-state index >= 15 is 0 Å². The lowest BCUT2D eigenvalue weighted by Crippen LogP contribution is -2.32. The van der Waals surface area contributed by atoms with Gasteiger partial charge in [-0.25, -0.2) is 4.90 Å². The summed E-state index contributed by atoms with van der Waals surface area (Å²) < 4.78 is 5.38. The smallest absolute Gasteiger partial charge is 0.282 e. The first kappa shape index (κ1) is 19.0. The highest BCUT2D eigenvalue weighted by Gasteiger charge is 2.41. The second-order valence-corrected chi connectivity index (χ2v) is 7.74. The van der Waals surface area contributed by atoms with Crippen LogP contribution in [0.4, 0.5) is 11.4 Å². The molecule has 0 bridgehead atoms. The van der Waals surface area contributed by atoms with Crippen molar-refractivity contribution in [1.29, 1.82) is 0 Å². The van der Waals surface area contributed by atoms with E-state index in [2.05, 4.69) is 5.32 Å². The minimum atomic E-state index is -0.400. The number of aryl methyl sites for hydroxylation is 2. The Morgan fingerprint density at radius 1 is 0.966 bits per heavy atom. The molecule has 0 unspecified atom stereocenters. The Balaban J connectivity index is 1.83. The monoisotopic (exact) mass is 404 g/mol. The summed E-state index contributed by atoms with van der Waals surface area (Å²) in [5.74, 6) is -0.301. The van der Waals surface area contributed by atoms with Gasteiger partial charge in [-0.05, 0) is 49.1 Å². The molecule has 0 aliphatic carbocycles. The molecule has 1 aliphatic heterocycles. The fourth-order valence-electron chi connectivity index (χ4n) is 3.42. The van der Waals surface area contributed by atoms with Gasteiger partial charge in [-0.1, -0.05) is 35.9 Å². The molecule has 4 rings (SSSR count). The Kier molecular flexibility index (Phi) is 4.94. The molecular formula is C23H20N2O3S. The number of thiophene rings is 1. The molecule has 1 N–H and O–H groups in total. The number of hydrogen-bond donors (Lipinski definition) is 1. The molecule has 2 heterocycles. The summed E-state index contributed by atoms with van der Waals surface area (Å²) in [6.07, 6.45) is 0. The molecule has 0 atom stereocenters. The van der Waals surface area contributed by atoms with Crippen molar-refractivity contribution in [3.63, 3.8) is 0 Å². The van der Waals surface area contributed by atoms with Crippen LogP contribution in [0.3, 0.4) is 0 Å². The number of hydrogen-bond acceptors (Lipinski definition) is 5. The molecule has 2 amide bonds. The van der Waals surface area contributed by atoms with E-state index in [4.69, 9.17) is 4.74 Å². The van der Waals surface area contributed by atoms with Crippen LogP contribution in [-0.2, 0) is 9.59 Å². The predicted octanol–water partition coefficient (Wildman–Crippen LogP) is 4.77. The lowest BCUT2D eigenvalue weighted by atomic mass is 10.1. The van der Waals surface area contributed by atoms with Crippen LogP contribution in [0.2, 0.25) is 0 Å². The Bertz CT molecular complexity index is 1130. The van der Waals surface area contributed by atoms with Gasteiger partial charge >= 0.3 is 0 Å². The highest BCUT2D eigenvalue weighted by atomic mass is 32.1.